The number of rotatable bonds is 5. The van der Waals surface area contributed by atoms with Gasteiger partial charge < -0.3 is 15.4 Å². The predicted molar refractivity (Wildman–Crippen MR) is 112 cm³/mol. The van der Waals surface area contributed by atoms with Crippen LogP contribution in [0.2, 0.25) is 0 Å². The Balaban J connectivity index is 1.62. The highest BCUT2D eigenvalue weighted by molar-refractivity contribution is 5.57. The number of hydrogen-bond acceptors (Lipinski definition) is 8. The fraction of sp³-hybridized carbons (Fsp3) is 0.300. The van der Waals surface area contributed by atoms with Crippen molar-refractivity contribution >= 4 is 17.7 Å². The number of nitrogens with zero attached hydrogens (tertiary/aromatic N) is 6. The van der Waals surface area contributed by atoms with Crippen molar-refractivity contribution in [3.05, 3.63) is 62.8 Å². The van der Waals surface area contributed by atoms with Gasteiger partial charge in [-0.1, -0.05) is 6.07 Å². The first-order chi connectivity index (χ1) is 15.0. The molecule has 1 atom stereocenters. The fourth-order valence-corrected chi connectivity index (χ4v) is 3.22. The maximum atomic E-state index is 11.5. The molecule has 5 rings (SSSR count). The summed E-state index contributed by atoms with van der Waals surface area (Å²) in [6.07, 6.45) is 5.24. The first-order valence-corrected chi connectivity index (χ1v) is 9.99. The van der Waals surface area contributed by atoms with Crippen molar-refractivity contribution in [2.75, 3.05) is 5.32 Å². The van der Waals surface area contributed by atoms with Crippen LogP contribution in [0.25, 0.3) is 11.7 Å². The Morgan fingerprint density at radius 1 is 1.29 bits per heavy atom. The molecule has 158 valence electrons. The van der Waals surface area contributed by atoms with Gasteiger partial charge in [0, 0.05) is 10.9 Å². The lowest BCUT2D eigenvalue weighted by Crippen LogP contribution is -2.25. The van der Waals surface area contributed by atoms with Crippen LogP contribution in [0.4, 0.5) is 5.95 Å². The molecule has 1 fully saturated rings. The van der Waals surface area contributed by atoms with Gasteiger partial charge >= 0.3 is 5.69 Å². The van der Waals surface area contributed by atoms with E-state index < -0.39 is 5.69 Å². The third-order valence-corrected chi connectivity index (χ3v) is 4.96. The lowest BCUT2D eigenvalue weighted by molar-refractivity contribution is 0.454. The molecule has 11 heteroatoms. The molecule has 0 bridgehead atoms. The Hall–Kier alpha value is -4.02. The van der Waals surface area contributed by atoms with Gasteiger partial charge in [-0.25, -0.2) is 9.79 Å². The second-order valence-corrected chi connectivity index (χ2v) is 7.60. The molecule has 4 aromatic heterocycles. The van der Waals surface area contributed by atoms with Crippen molar-refractivity contribution in [3.8, 4) is 5.88 Å². The summed E-state index contributed by atoms with van der Waals surface area (Å²) >= 11 is 0. The molecule has 0 amide bonds. The van der Waals surface area contributed by atoms with E-state index in [1.165, 1.54) is 0 Å². The van der Waals surface area contributed by atoms with E-state index in [0.29, 0.717) is 22.4 Å². The number of hydrogen-bond donors (Lipinski definition) is 4. The van der Waals surface area contributed by atoms with Crippen LogP contribution in [0.15, 0.2) is 34.2 Å². The van der Waals surface area contributed by atoms with Crippen molar-refractivity contribution in [1.82, 2.24) is 34.5 Å². The Kier molecular flexibility index (Phi) is 4.50. The topological polar surface area (TPSA) is 149 Å². The van der Waals surface area contributed by atoms with E-state index in [2.05, 4.69) is 40.3 Å². The SMILES string of the molecule is Cc1cccc(C(C)Nc2nc(=NC3CC3)n3ncc(=Cc4[nH]c(=O)[nH]c4O)c3n2)n1. The number of H-pyrrole nitrogens is 2. The summed E-state index contributed by atoms with van der Waals surface area (Å²) in [6, 6.07) is 5.96. The minimum atomic E-state index is -0.499. The largest absolute Gasteiger partial charge is 0.493 e. The lowest BCUT2D eigenvalue weighted by atomic mass is 10.2. The minimum absolute atomic E-state index is 0.128. The number of pyridine rings is 1. The molecular weight excluding hydrogens is 398 g/mol. The van der Waals surface area contributed by atoms with Crippen molar-refractivity contribution < 1.29 is 5.11 Å². The molecule has 0 aliphatic heterocycles. The number of fused-ring (bicyclic) bond motifs is 1. The summed E-state index contributed by atoms with van der Waals surface area (Å²) in [5, 5.41) is 18.2. The zero-order valence-corrected chi connectivity index (χ0v) is 17.0. The molecule has 1 aliphatic carbocycles. The predicted octanol–water partition coefficient (Wildman–Crippen LogP) is 0.334. The van der Waals surface area contributed by atoms with Gasteiger partial charge in [0.15, 0.2) is 5.65 Å². The van der Waals surface area contributed by atoms with Gasteiger partial charge in [-0.05, 0) is 44.9 Å². The van der Waals surface area contributed by atoms with Gasteiger partial charge in [-0.2, -0.15) is 19.6 Å². The van der Waals surface area contributed by atoms with Crippen LogP contribution >= 0.6 is 0 Å². The summed E-state index contributed by atoms with van der Waals surface area (Å²) in [5.74, 6) is 0.142. The molecule has 1 saturated carbocycles. The Morgan fingerprint density at radius 3 is 2.84 bits per heavy atom. The van der Waals surface area contributed by atoms with E-state index in [4.69, 9.17) is 0 Å². The molecule has 1 unspecified atom stereocenters. The molecule has 11 nitrogen and oxygen atoms in total. The number of nitrogens with one attached hydrogen (secondary N) is 3. The van der Waals surface area contributed by atoms with Crippen LogP contribution in [-0.2, 0) is 0 Å². The third kappa shape index (κ3) is 3.89. The van der Waals surface area contributed by atoms with Crippen molar-refractivity contribution in [2.45, 2.75) is 38.8 Å². The van der Waals surface area contributed by atoms with Crippen LogP contribution in [-0.4, -0.2) is 45.7 Å². The summed E-state index contributed by atoms with van der Waals surface area (Å²) in [6.45, 7) is 3.93. The Labute approximate surface area is 175 Å². The fourth-order valence-electron chi connectivity index (χ4n) is 3.22. The first kappa shape index (κ1) is 19.0. The van der Waals surface area contributed by atoms with Crippen LogP contribution in [0.5, 0.6) is 5.88 Å². The number of aromatic nitrogens is 7. The van der Waals surface area contributed by atoms with E-state index in [-0.39, 0.29) is 23.7 Å². The Bertz CT molecular complexity index is 1450. The molecule has 0 radical (unpaired) electrons. The molecule has 0 spiro atoms. The van der Waals surface area contributed by atoms with Crippen LogP contribution < -0.4 is 21.8 Å². The second-order valence-electron chi connectivity index (χ2n) is 7.60. The smallest absolute Gasteiger partial charge is 0.326 e. The highest BCUT2D eigenvalue weighted by Crippen LogP contribution is 2.22. The zero-order valence-electron chi connectivity index (χ0n) is 17.0. The first-order valence-electron chi connectivity index (χ1n) is 9.99. The van der Waals surface area contributed by atoms with E-state index in [1.54, 1.807) is 16.8 Å². The van der Waals surface area contributed by atoms with Crippen LogP contribution in [0.3, 0.4) is 0 Å². The molecule has 31 heavy (non-hydrogen) atoms. The third-order valence-electron chi connectivity index (χ3n) is 4.96. The van der Waals surface area contributed by atoms with E-state index in [9.17, 15) is 9.90 Å². The molecule has 0 aromatic carbocycles. The maximum Gasteiger partial charge on any atom is 0.326 e. The summed E-state index contributed by atoms with van der Waals surface area (Å²) in [4.78, 5) is 34.7. The van der Waals surface area contributed by atoms with Gasteiger partial charge in [0.2, 0.25) is 11.8 Å². The maximum absolute atomic E-state index is 11.5. The van der Waals surface area contributed by atoms with Gasteiger partial charge in [-0.15, -0.1) is 0 Å². The standard InChI is InChI=1S/C20H21N9O2/c1-10-4-3-5-14(22-10)11(2)23-18-26-16-12(8-15-17(30)27-20(31)25-15)9-21-29(16)19(28-18)24-13-6-7-13/h3-5,8-9,11,13,30H,6-7H2,1-2H3,(H,23,24,28)(H2,25,27,31). The normalized spacial score (nSPS) is 16.2. The van der Waals surface area contributed by atoms with Gasteiger partial charge in [0.05, 0.1) is 24.0 Å². The summed E-state index contributed by atoms with van der Waals surface area (Å²) < 4.78 is 1.56. The van der Waals surface area contributed by atoms with Gasteiger partial charge in [0.1, 0.15) is 5.69 Å². The minimum Gasteiger partial charge on any atom is -0.493 e. The quantitative estimate of drug-likeness (QED) is 0.364. The van der Waals surface area contributed by atoms with Crippen molar-refractivity contribution in [1.29, 1.82) is 0 Å². The van der Waals surface area contributed by atoms with E-state index in [1.807, 2.05) is 32.0 Å². The molecule has 0 saturated heterocycles. The van der Waals surface area contributed by atoms with Gasteiger partial charge in [-0.3, -0.25) is 9.97 Å². The molecule has 1 aliphatic rings. The van der Waals surface area contributed by atoms with Crippen molar-refractivity contribution in [3.63, 3.8) is 0 Å². The highest BCUT2D eigenvalue weighted by Gasteiger charge is 2.21. The average molecular weight is 419 g/mol. The van der Waals surface area contributed by atoms with E-state index >= 15 is 0 Å². The van der Waals surface area contributed by atoms with Gasteiger partial charge in [0.25, 0.3) is 5.62 Å². The monoisotopic (exact) mass is 419 g/mol. The molecule has 4 N–H and O–H groups in total. The molecule has 4 heterocycles. The second kappa shape index (κ2) is 7.35. The number of aromatic hydroxyl groups is 1. The number of aryl methyl sites for hydroxylation is 1. The highest BCUT2D eigenvalue weighted by atomic mass is 16.3. The summed E-state index contributed by atoms with van der Waals surface area (Å²) in [7, 11) is 0. The average Bonchev–Trinajstić information content (AvgIpc) is 3.37. The number of anilines is 1. The van der Waals surface area contributed by atoms with Crippen LogP contribution in [0, 0.1) is 6.92 Å². The lowest BCUT2D eigenvalue weighted by Gasteiger charge is -2.13. The number of aromatic amines is 2. The number of imidazole rings is 1. The molecule has 4 aromatic rings. The Morgan fingerprint density at radius 2 is 2.13 bits per heavy atom. The summed E-state index contributed by atoms with van der Waals surface area (Å²) in [5.41, 5.74) is 2.50. The van der Waals surface area contributed by atoms with Crippen LogP contribution in [0.1, 0.15) is 42.9 Å². The van der Waals surface area contributed by atoms with Crippen molar-refractivity contribution in [2.24, 2.45) is 4.99 Å². The zero-order chi connectivity index (χ0) is 21.5. The van der Waals surface area contributed by atoms with E-state index in [0.717, 1.165) is 24.2 Å². The molecular formula is C20H21N9O2.